The molecule has 0 N–H and O–H groups in total. The lowest BCUT2D eigenvalue weighted by Gasteiger charge is -2.07. The Bertz CT molecular complexity index is 896. The van der Waals surface area contributed by atoms with E-state index in [4.69, 9.17) is 4.42 Å². The molecule has 2 heterocycles. The average Bonchev–Trinajstić information content (AvgIpc) is 3.08. The van der Waals surface area contributed by atoms with E-state index in [0.717, 1.165) is 27.8 Å². The maximum Gasteiger partial charge on any atom is 0.293 e. The number of thioether (sulfide) groups is 1. The number of carbonyl (C=O) groups is 3. The van der Waals surface area contributed by atoms with Crippen molar-refractivity contribution in [3.63, 3.8) is 0 Å². The molecule has 7 heteroatoms. The van der Waals surface area contributed by atoms with Crippen molar-refractivity contribution < 1.29 is 23.9 Å². The van der Waals surface area contributed by atoms with Crippen LogP contribution in [0.4, 0.5) is 4.79 Å². The number of furan rings is 1. The third-order valence-corrected chi connectivity index (χ3v) is 4.58. The van der Waals surface area contributed by atoms with Crippen molar-refractivity contribution in [3.8, 4) is 11.3 Å². The Morgan fingerprint density at radius 2 is 2.00 bits per heavy atom. The van der Waals surface area contributed by atoms with Crippen molar-refractivity contribution in [1.82, 2.24) is 4.90 Å². The summed E-state index contributed by atoms with van der Waals surface area (Å²) in [4.78, 5) is 35.6. The lowest BCUT2D eigenvalue weighted by molar-refractivity contribution is -0.255. The van der Waals surface area contributed by atoms with Gasteiger partial charge in [0.15, 0.2) is 0 Å². The summed E-state index contributed by atoms with van der Waals surface area (Å²) >= 11 is 0.856. The van der Waals surface area contributed by atoms with Gasteiger partial charge in [0.2, 0.25) is 0 Å². The quantitative estimate of drug-likeness (QED) is 0.795. The van der Waals surface area contributed by atoms with Crippen LogP contribution in [-0.2, 0) is 4.79 Å². The third-order valence-electron chi connectivity index (χ3n) is 3.61. The second-order valence-corrected chi connectivity index (χ2v) is 6.25. The van der Waals surface area contributed by atoms with Crippen molar-refractivity contribution >= 4 is 35.0 Å². The molecule has 1 aliphatic rings. The number of amides is 2. The standard InChI is InChI=1S/C17H13NO5S/c1-9-7-10(16(20)21)3-5-12(9)13-6-4-11(23-13)8-14-15(19)18(2)17(22)24-14/h3-8H,1-2H3,(H,20,21)/p-1/b14-8+. The van der Waals surface area contributed by atoms with E-state index in [-0.39, 0.29) is 16.7 Å². The molecular weight excluding hydrogens is 330 g/mol. The summed E-state index contributed by atoms with van der Waals surface area (Å²) in [5.41, 5.74) is 1.56. The second-order valence-electron chi connectivity index (χ2n) is 5.26. The Morgan fingerprint density at radius 1 is 1.25 bits per heavy atom. The molecule has 1 fully saturated rings. The van der Waals surface area contributed by atoms with Crippen molar-refractivity contribution in [1.29, 1.82) is 0 Å². The fourth-order valence-corrected chi connectivity index (χ4v) is 3.12. The van der Waals surface area contributed by atoms with Gasteiger partial charge in [-0.15, -0.1) is 0 Å². The highest BCUT2D eigenvalue weighted by atomic mass is 32.2. The van der Waals surface area contributed by atoms with Crippen LogP contribution in [0.5, 0.6) is 0 Å². The van der Waals surface area contributed by atoms with Crippen molar-refractivity contribution in [2.75, 3.05) is 7.05 Å². The van der Waals surface area contributed by atoms with E-state index in [2.05, 4.69) is 0 Å². The lowest BCUT2D eigenvalue weighted by Crippen LogP contribution is -2.22. The maximum absolute atomic E-state index is 11.9. The van der Waals surface area contributed by atoms with Gasteiger partial charge in [0.1, 0.15) is 11.5 Å². The number of benzene rings is 1. The molecule has 0 unspecified atom stereocenters. The van der Waals surface area contributed by atoms with E-state index in [1.807, 2.05) is 0 Å². The SMILES string of the molecule is Cc1cc(C(=O)[O-])ccc1-c1ccc(/C=C2/SC(=O)N(C)C2=O)o1. The Hall–Kier alpha value is -2.80. The fraction of sp³-hybridized carbons (Fsp3) is 0.118. The number of carboxylic acid groups (broad SMARTS) is 1. The highest BCUT2D eigenvalue weighted by Crippen LogP contribution is 2.33. The van der Waals surface area contributed by atoms with Crippen LogP contribution in [0.1, 0.15) is 21.7 Å². The topological polar surface area (TPSA) is 90.6 Å². The summed E-state index contributed by atoms with van der Waals surface area (Å²) in [6.45, 7) is 1.77. The largest absolute Gasteiger partial charge is 0.545 e. The summed E-state index contributed by atoms with van der Waals surface area (Å²) in [5, 5.41) is 10.5. The molecule has 24 heavy (non-hydrogen) atoms. The van der Waals surface area contributed by atoms with Crippen LogP contribution >= 0.6 is 11.8 Å². The highest BCUT2D eigenvalue weighted by Gasteiger charge is 2.32. The van der Waals surface area contributed by atoms with E-state index in [1.165, 1.54) is 25.3 Å². The first kappa shape index (κ1) is 16.1. The average molecular weight is 342 g/mol. The first-order valence-corrected chi connectivity index (χ1v) is 7.82. The van der Waals surface area contributed by atoms with Gasteiger partial charge < -0.3 is 14.3 Å². The molecule has 0 saturated carbocycles. The van der Waals surface area contributed by atoms with E-state index >= 15 is 0 Å². The van der Waals surface area contributed by atoms with Crippen LogP contribution in [0.3, 0.4) is 0 Å². The number of aryl methyl sites for hydroxylation is 1. The first-order valence-electron chi connectivity index (χ1n) is 7.00. The molecule has 1 aromatic carbocycles. The number of hydrogen-bond donors (Lipinski definition) is 0. The van der Waals surface area contributed by atoms with Crippen LogP contribution in [0.25, 0.3) is 17.4 Å². The summed E-state index contributed by atoms with van der Waals surface area (Å²) in [6, 6.07) is 8.01. The van der Waals surface area contributed by atoms with Gasteiger partial charge in [-0.05, 0) is 48.0 Å². The first-order chi connectivity index (χ1) is 11.4. The Morgan fingerprint density at radius 3 is 2.58 bits per heavy atom. The van der Waals surface area contributed by atoms with Crippen LogP contribution in [-0.4, -0.2) is 29.1 Å². The molecule has 1 saturated heterocycles. The molecular formula is C17H12NO5S-. The molecule has 3 rings (SSSR count). The third kappa shape index (κ3) is 2.85. The number of carbonyl (C=O) groups excluding carboxylic acids is 3. The molecule has 0 radical (unpaired) electrons. The van der Waals surface area contributed by atoms with E-state index in [1.54, 1.807) is 25.1 Å². The van der Waals surface area contributed by atoms with Gasteiger partial charge in [0.25, 0.3) is 11.1 Å². The Labute approximate surface area is 141 Å². The van der Waals surface area contributed by atoms with Gasteiger partial charge in [-0.25, -0.2) is 0 Å². The number of rotatable bonds is 3. The van der Waals surface area contributed by atoms with Crippen LogP contribution in [0, 0.1) is 6.92 Å². The van der Waals surface area contributed by atoms with E-state index in [9.17, 15) is 19.5 Å². The molecule has 6 nitrogen and oxygen atoms in total. The molecule has 0 spiro atoms. The Kier molecular flexibility index (Phi) is 4.02. The van der Waals surface area contributed by atoms with Gasteiger partial charge in [-0.2, -0.15) is 0 Å². The molecule has 2 aromatic rings. The predicted molar refractivity (Wildman–Crippen MR) is 86.9 cm³/mol. The molecule has 1 aromatic heterocycles. The van der Waals surface area contributed by atoms with Gasteiger partial charge in [0.05, 0.1) is 10.9 Å². The zero-order valence-electron chi connectivity index (χ0n) is 12.9. The number of imide groups is 1. The number of likely N-dealkylation sites (N-methyl/N-ethyl adjacent to an activating group) is 1. The number of aromatic carboxylic acids is 1. The van der Waals surface area contributed by atoms with Crippen LogP contribution < -0.4 is 5.11 Å². The smallest absolute Gasteiger partial charge is 0.293 e. The summed E-state index contributed by atoms with van der Waals surface area (Å²) in [6.07, 6.45) is 1.52. The summed E-state index contributed by atoms with van der Waals surface area (Å²) < 4.78 is 5.70. The van der Waals surface area contributed by atoms with Crippen molar-refractivity contribution in [3.05, 3.63) is 52.1 Å². The zero-order chi connectivity index (χ0) is 17.4. The maximum atomic E-state index is 11.9. The minimum atomic E-state index is -1.24. The molecule has 0 atom stereocenters. The minimum Gasteiger partial charge on any atom is -0.545 e. The lowest BCUT2D eigenvalue weighted by atomic mass is 10.0. The minimum absolute atomic E-state index is 0.0969. The van der Waals surface area contributed by atoms with E-state index in [0.29, 0.717) is 16.4 Å². The van der Waals surface area contributed by atoms with Crippen LogP contribution in [0.2, 0.25) is 0 Å². The van der Waals surface area contributed by atoms with Gasteiger partial charge in [-0.3, -0.25) is 14.5 Å². The summed E-state index contributed by atoms with van der Waals surface area (Å²) in [5.74, 6) is -0.621. The van der Waals surface area contributed by atoms with Crippen molar-refractivity contribution in [2.24, 2.45) is 0 Å². The monoisotopic (exact) mass is 342 g/mol. The molecule has 2 amide bonds. The zero-order valence-corrected chi connectivity index (χ0v) is 13.7. The number of hydrogen-bond acceptors (Lipinski definition) is 6. The van der Waals surface area contributed by atoms with Crippen molar-refractivity contribution in [2.45, 2.75) is 6.92 Å². The molecule has 0 aliphatic carbocycles. The van der Waals surface area contributed by atoms with E-state index < -0.39 is 5.97 Å². The number of nitrogens with zero attached hydrogens (tertiary/aromatic N) is 1. The van der Waals surface area contributed by atoms with Gasteiger partial charge in [-0.1, -0.05) is 12.1 Å². The Balaban J connectivity index is 1.91. The second kappa shape index (κ2) is 6.01. The molecule has 0 bridgehead atoms. The normalized spacial score (nSPS) is 16.2. The summed E-state index contributed by atoms with van der Waals surface area (Å²) in [7, 11) is 1.42. The fourth-order valence-electron chi connectivity index (χ4n) is 2.32. The van der Waals surface area contributed by atoms with Gasteiger partial charge >= 0.3 is 0 Å². The molecule has 122 valence electrons. The highest BCUT2D eigenvalue weighted by molar-refractivity contribution is 8.18. The molecule has 1 aliphatic heterocycles. The number of carboxylic acids is 1. The van der Waals surface area contributed by atoms with Crippen LogP contribution in [0.15, 0.2) is 39.7 Å². The van der Waals surface area contributed by atoms with Gasteiger partial charge in [0, 0.05) is 18.7 Å². The predicted octanol–water partition coefficient (Wildman–Crippen LogP) is 2.28.